The van der Waals surface area contributed by atoms with Gasteiger partial charge in [0.25, 0.3) is 0 Å². The fraction of sp³-hybridized carbons (Fsp3) is 0.308. The molecule has 1 aromatic heterocycles. The van der Waals surface area contributed by atoms with Gasteiger partial charge in [-0.3, -0.25) is 4.57 Å². The van der Waals surface area contributed by atoms with E-state index in [0.717, 1.165) is 6.07 Å². The van der Waals surface area contributed by atoms with Gasteiger partial charge in [-0.25, -0.2) is 13.8 Å². The Morgan fingerprint density at radius 1 is 1.33 bits per heavy atom. The maximum atomic E-state index is 13.7. The van der Waals surface area contributed by atoms with Crippen LogP contribution in [0.1, 0.15) is 13.8 Å². The third kappa shape index (κ3) is 2.50. The summed E-state index contributed by atoms with van der Waals surface area (Å²) in [4.78, 5) is 4.10. The first kappa shape index (κ1) is 12.5. The van der Waals surface area contributed by atoms with Gasteiger partial charge in [0.15, 0.2) is 11.6 Å². The topological polar surface area (TPSA) is 29.9 Å². The number of nitrogens with zero attached hydrogens (tertiary/aromatic N) is 2. The van der Waals surface area contributed by atoms with Crippen molar-refractivity contribution in [3.63, 3.8) is 0 Å². The largest absolute Gasteiger partial charge is 0.355 e. The van der Waals surface area contributed by atoms with Crippen molar-refractivity contribution in [2.45, 2.75) is 13.8 Å². The van der Waals surface area contributed by atoms with Crippen molar-refractivity contribution >= 4 is 5.95 Å². The van der Waals surface area contributed by atoms with Crippen LogP contribution in [0.15, 0.2) is 30.6 Å². The molecule has 0 aliphatic rings. The second-order valence-electron chi connectivity index (χ2n) is 4.47. The molecule has 0 spiro atoms. The lowest BCUT2D eigenvalue weighted by Gasteiger charge is -2.12. The molecule has 96 valence electrons. The summed E-state index contributed by atoms with van der Waals surface area (Å²) in [5, 5.41) is 3.10. The Kier molecular flexibility index (Phi) is 3.60. The molecule has 0 aliphatic heterocycles. The summed E-state index contributed by atoms with van der Waals surface area (Å²) >= 11 is 0. The molecule has 0 bridgehead atoms. The first-order valence-electron chi connectivity index (χ1n) is 5.81. The number of aromatic nitrogens is 2. The third-order valence-electron chi connectivity index (χ3n) is 2.50. The molecule has 0 fully saturated rings. The molecule has 0 aliphatic carbocycles. The maximum Gasteiger partial charge on any atom is 0.207 e. The van der Waals surface area contributed by atoms with Crippen LogP contribution in [-0.2, 0) is 0 Å². The van der Waals surface area contributed by atoms with E-state index in [-0.39, 0.29) is 5.69 Å². The van der Waals surface area contributed by atoms with Gasteiger partial charge >= 0.3 is 0 Å². The third-order valence-corrected chi connectivity index (χ3v) is 2.50. The Bertz CT molecular complexity index is 535. The number of hydrogen-bond acceptors (Lipinski definition) is 2. The van der Waals surface area contributed by atoms with Crippen LogP contribution in [0.3, 0.4) is 0 Å². The summed E-state index contributed by atoms with van der Waals surface area (Å²) in [5.41, 5.74) is 0.152. The lowest BCUT2D eigenvalue weighted by molar-refractivity contribution is 0.504. The van der Waals surface area contributed by atoms with Gasteiger partial charge in [-0.05, 0) is 18.1 Å². The van der Waals surface area contributed by atoms with Crippen molar-refractivity contribution in [1.29, 1.82) is 0 Å². The summed E-state index contributed by atoms with van der Waals surface area (Å²) in [5.74, 6) is -0.792. The Labute approximate surface area is 104 Å². The minimum absolute atomic E-state index is 0.152. The minimum Gasteiger partial charge on any atom is -0.355 e. The molecule has 18 heavy (non-hydrogen) atoms. The maximum absolute atomic E-state index is 13.7. The summed E-state index contributed by atoms with van der Waals surface area (Å²) in [7, 11) is 0. The zero-order valence-corrected chi connectivity index (χ0v) is 10.3. The van der Waals surface area contributed by atoms with Crippen molar-refractivity contribution in [1.82, 2.24) is 9.55 Å². The quantitative estimate of drug-likeness (QED) is 0.904. The van der Waals surface area contributed by atoms with Gasteiger partial charge in [-0.15, -0.1) is 0 Å². The molecule has 2 aromatic rings. The molecule has 0 unspecified atom stereocenters. The highest BCUT2D eigenvalue weighted by molar-refractivity contribution is 5.43. The lowest BCUT2D eigenvalue weighted by atomic mass is 10.2. The number of hydrogen-bond donors (Lipinski definition) is 1. The molecule has 1 N–H and O–H groups in total. The molecule has 0 radical (unpaired) electrons. The van der Waals surface area contributed by atoms with Crippen molar-refractivity contribution < 1.29 is 8.78 Å². The van der Waals surface area contributed by atoms with Gasteiger partial charge in [0.2, 0.25) is 5.95 Å². The van der Waals surface area contributed by atoms with Gasteiger partial charge in [0, 0.05) is 18.9 Å². The zero-order chi connectivity index (χ0) is 13.1. The van der Waals surface area contributed by atoms with Crippen LogP contribution >= 0.6 is 0 Å². The van der Waals surface area contributed by atoms with Crippen LogP contribution in [0.25, 0.3) is 5.69 Å². The number of nitrogens with one attached hydrogen (secondary N) is 1. The first-order valence-corrected chi connectivity index (χ1v) is 5.81. The second kappa shape index (κ2) is 5.16. The highest BCUT2D eigenvalue weighted by Crippen LogP contribution is 2.19. The van der Waals surface area contributed by atoms with Crippen molar-refractivity contribution in [3.8, 4) is 5.69 Å². The number of imidazole rings is 1. The van der Waals surface area contributed by atoms with Gasteiger partial charge in [-0.1, -0.05) is 19.9 Å². The summed E-state index contributed by atoms with van der Waals surface area (Å²) in [6, 6.07) is 4.08. The monoisotopic (exact) mass is 251 g/mol. The molecule has 5 heteroatoms. The van der Waals surface area contributed by atoms with Crippen molar-refractivity contribution in [2.24, 2.45) is 5.92 Å². The number of anilines is 1. The van der Waals surface area contributed by atoms with E-state index < -0.39 is 11.6 Å². The number of rotatable bonds is 4. The Morgan fingerprint density at radius 2 is 2.11 bits per heavy atom. The van der Waals surface area contributed by atoms with Gasteiger partial charge < -0.3 is 5.32 Å². The van der Waals surface area contributed by atoms with Crippen molar-refractivity contribution in [2.75, 3.05) is 11.9 Å². The number of halogens is 2. The fourth-order valence-corrected chi connectivity index (χ4v) is 1.60. The van der Waals surface area contributed by atoms with Crippen LogP contribution in [0.4, 0.5) is 14.7 Å². The van der Waals surface area contributed by atoms with Crippen molar-refractivity contribution in [3.05, 3.63) is 42.2 Å². The van der Waals surface area contributed by atoms with E-state index in [9.17, 15) is 8.78 Å². The molecule has 1 heterocycles. The smallest absolute Gasteiger partial charge is 0.207 e. The number of benzene rings is 1. The molecule has 0 saturated heterocycles. The SMILES string of the molecule is CC(C)CNc1nccn1-c1cccc(F)c1F. The summed E-state index contributed by atoms with van der Waals surface area (Å²) in [6.07, 6.45) is 3.15. The Hall–Kier alpha value is -1.91. The van der Waals surface area contributed by atoms with E-state index in [1.54, 1.807) is 12.4 Å². The molecule has 2 rings (SSSR count). The van der Waals surface area contributed by atoms with E-state index in [1.807, 2.05) is 0 Å². The minimum atomic E-state index is -0.872. The first-order chi connectivity index (χ1) is 8.59. The molecular weight excluding hydrogens is 236 g/mol. The van der Waals surface area contributed by atoms with Crippen LogP contribution in [0, 0.1) is 17.6 Å². The lowest BCUT2D eigenvalue weighted by Crippen LogP contribution is -2.12. The van der Waals surface area contributed by atoms with E-state index in [2.05, 4.69) is 24.1 Å². The van der Waals surface area contributed by atoms with E-state index in [1.165, 1.54) is 16.7 Å². The zero-order valence-electron chi connectivity index (χ0n) is 10.3. The molecule has 3 nitrogen and oxygen atoms in total. The normalized spacial score (nSPS) is 10.9. The highest BCUT2D eigenvalue weighted by Gasteiger charge is 2.12. The average Bonchev–Trinajstić information content (AvgIpc) is 2.78. The molecule has 1 aromatic carbocycles. The van der Waals surface area contributed by atoms with Crippen LogP contribution in [0.5, 0.6) is 0 Å². The van der Waals surface area contributed by atoms with E-state index >= 15 is 0 Å². The fourth-order valence-electron chi connectivity index (χ4n) is 1.60. The predicted molar refractivity (Wildman–Crippen MR) is 66.8 cm³/mol. The van der Waals surface area contributed by atoms with E-state index in [0.29, 0.717) is 18.4 Å². The van der Waals surface area contributed by atoms with Gasteiger partial charge in [-0.2, -0.15) is 0 Å². The summed E-state index contributed by atoms with van der Waals surface area (Å²) in [6.45, 7) is 4.83. The Morgan fingerprint density at radius 3 is 2.83 bits per heavy atom. The predicted octanol–water partition coefficient (Wildman–Crippen LogP) is 3.22. The summed E-state index contributed by atoms with van der Waals surface area (Å²) < 4.78 is 28.4. The molecule has 0 saturated carbocycles. The molecular formula is C13H15F2N3. The Balaban J connectivity index is 2.33. The van der Waals surface area contributed by atoms with Gasteiger partial charge in [0.05, 0.1) is 5.69 Å². The molecule has 0 amide bonds. The van der Waals surface area contributed by atoms with Crippen LogP contribution in [-0.4, -0.2) is 16.1 Å². The second-order valence-corrected chi connectivity index (χ2v) is 4.47. The highest BCUT2D eigenvalue weighted by atomic mass is 19.2. The average molecular weight is 251 g/mol. The van der Waals surface area contributed by atoms with E-state index in [4.69, 9.17) is 0 Å². The molecule has 0 atom stereocenters. The standard InChI is InChI=1S/C13H15F2N3/c1-9(2)8-17-13-16-6-7-18(13)11-5-3-4-10(14)12(11)15/h3-7,9H,8H2,1-2H3,(H,16,17). The van der Waals surface area contributed by atoms with Gasteiger partial charge in [0.1, 0.15) is 0 Å². The van der Waals surface area contributed by atoms with Crippen LogP contribution < -0.4 is 5.32 Å². The van der Waals surface area contributed by atoms with Crippen LogP contribution in [0.2, 0.25) is 0 Å².